The van der Waals surface area contributed by atoms with Crippen LogP contribution in [0.4, 0.5) is 0 Å². The number of benzene rings is 1. The maximum Gasteiger partial charge on any atom is 0.338 e. The van der Waals surface area contributed by atoms with Crippen molar-refractivity contribution in [3.63, 3.8) is 0 Å². The quantitative estimate of drug-likeness (QED) is 0.188. The van der Waals surface area contributed by atoms with Crippen LogP contribution < -0.4 is 0 Å². The normalized spacial score (nSPS) is 36.5. The molecule has 4 heteroatoms. The number of fused-ring (bicyclic) bond motifs is 3. The highest BCUT2D eigenvalue weighted by atomic mass is 16.5. The largest absolute Gasteiger partial charge is 0.463 e. The lowest BCUT2D eigenvalue weighted by atomic mass is 9.53. The summed E-state index contributed by atoms with van der Waals surface area (Å²) in [6.45, 7) is 11.4. The number of allylic oxidation sites excluding steroid dienone is 5. The molecule has 4 rings (SSSR count). The summed E-state index contributed by atoms with van der Waals surface area (Å²) in [4.78, 5) is 24.8. The van der Waals surface area contributed by atoms with Crippen molar-refractivity contribution in [3.05, 3.63) is 71.8 Å². The molecule has 0 saturated heterocycles. The summed E-state index contributed by atoms with van der Waals surface area (Å²) in [5.74, 6) is 2.19. The van der Waals surface area contributed by atoms with Crippen molar-refractivity contribution in [2.45, 2.75) is 60.0 Å². The molecule has 3 fully saturated rings. The van der Waals surface area contributed by atoms with Crippen molar-refractivity contribution in [2.24, 2.45) is 40.9 Å². The van der Waals surface area contributed by atoms with Crippen LogP contribution in [0.25, 0.3) is 0 Å². The molecule has 1 aromatic rings. The Bertz CT molecular complexity index is 1010. The summed E-state index contributed by atoms with van der Waals surface area (Å²) in [6, 6.07) is 9.36. The van der Waals surface area contributed by atoms with Gasteiger partial charge in [0, 0.05) is 12.0 Å². The first-order chi connectivity index (χ1) is 16.8. The third-order valence-corrected chi connectivity index (χ3v) is 8.97. The molecule has 0 unspecified atom stereocenters. The number of carbonyl (C=O) groups is 2. The van der Waals surface area contributed by atoms with Gasteiger partial charge in [0.2, 0.25) is 0 Å². The third-order valence-electron chi connectivity index (χ3n) is 8.97. The second kappa shape index (κ2) is 10.6. The van der Waals surface area contributed by atoms with Crippen LogP contribution in [0.2, 0.25) is 0 Å². The fourth-order valence-corrected chi connectivity index (χ4v) is 7.29. The Labute approximate surface area is 210 Å². The van der Waals surface area contributed by atoms with Crippen LogP contribution in [0.1, 0.15) is 64.2 Å². The van der Waals surface area contributed by atoms with E-state index in [-0.39, 0.29) is 23.5 Å². The summed E-state index contributed by atoms with van der Waals surface area (Å²) in [7, 11) is 0. The van der Waals surface area contributed by atoms with E-state index in [1.54, 1.807) is 6.08 Å². The number of hydrogen-bond acceptors (Lipinski definition) is 4. The van der Waals surface area contributed by atoms with Gasteiger partial charge in [-0.3, -0.25) is 0 Å². The first kappa shape index (κ1) is 25.5. The van der Waals surface area contributed by atoms with Gasteiger partial charge in [-0.05, 0) is 87.2 Å². The fraction of sp³-hybridized carbons (Fsp3) is 0.548. The van der Waals surface area contributed by atoms with Crippen molar-refractivity contribution in [3.8, 4) is 0 Å². The Kier molecular flexibility index (Phi) is 7.68. The molecule has 4 nitrogen and oxygen atoms in total. The van der Waals surface area contributed by atoms with Gasteiger partial charge in [-0.15, -0.1) is 0 Å². The van der Waals surface area contributed by atoms with Gasteiger partial charge >= 0.3 is 11.9 Å². The van der Waals surface area contributed by atoms with Crippen molar-refractivity contribution in [2.75, 3.05) is 6.61 Å². The zero-order valence-corrected chi connectivity index (χ0v) is 21.8. The number of hydrogen-bond donors (Lipinski definition) is 0. The molecule has 0 bridgehead atoms. The number of ether oxygens (including phenoxy) is 2. The highest BCUT2D eigenvalue weighted by molar-refractivity contribution is 5.89. The molecule has 0 heterocycles. The summed E-state index contributed by atoms with van der Waals surface area (Å²) in [5, 5.41) is 0. The number of carbonyl (C=O) groups excluding carboxylic acids is 2. The lowest BCUT2D eigenvalue weighted by Gasteiger charge is -2.52. The van der Waals surface area contributed by atoms with Crippen molar-refractivity contribution in [1.29, 1.82) is 0 Å². The predicted octanol–water partition coefficient (Wildman–Crippen LogP) is 6.79. The summed E-state index contributed by atoms with van der Waals surface area (Å²) >= 11 is 0. The molecule has 0 aliphatic heterocycles. The Morgan fingerprint density at radius 2 is 1.86 bits per heavy atom. The minimum atomic E-state index is -0.312. The second-order valence-corrected chi connectivity index (χ2v) is 10.9. The molecule has 0 radical (unpaired) electrons. The summed E-state index contributed by atoms with van der Waals surface area (Å²) in [6.07, 6.45) is 13.0. The maximum atomic E-state index is 13.0. The van der Waals surface area contributed by atoms with E-state index in [1.165, 1.54) is 18.1 Å². The molecule has 0 amide bonds. The molecular weight excluding hydrogens is 436 g/mol. The van der Waals surface area contributed by atoms with Crippen LogP contribution in [0.5, 0.6) is 0 Å². The molecule has 188 valence electrons. The van der Waals surface area contributed by atoms with E-state index in [0.29, 0.717) is 47.7 Å². The van der Waals surface area contributed by atoms with Crippen molar-refractivity contribution < 1.29 is 19.1 Å². The van der Waals surface area contributed by atoms with E-state index >= 15 is 0 Å². The first-order valence-corrected chi connectivity index (χ1v) is 13.2. The third kappa shape index (κ3) is 5.03. The maximum absolute atomic E-state index is 13.0. The van der Waals surface area contributed by atoms with E-state index in [2.05, 4.69) is 39.8 Å². The van der Waals surface area contributed by atoms with E-state index in [9.17, 15) is 9.59 Å². The minimum Gasteiger partial charge on any atom is -0.463 e. The highest BCUT2D eigenvalue weighted by Gasteiger charge is 2.68. The van der Waals surface area contributed by atoms with Crippen LogP contribution in [0.15, 0.2) is 66.3 Å². The smallest absolute Gasteiger partial charge is 0.338 e. The van der Waals surface area contributed by atoms with Gasteiger partial charge in [0.15, 0.2) is 0 Å². The topological polar surface area (TPSA) is 52.6 Å². The van der Waals surface area contributed by atoms with Gasteiger partial charge in [-0.25, -0.2) is 9.59 Å². The van der Waals surface area contributed by atoms with Gasteiger partial charge < -0.3 is 9.47 Å². The standard InChI is InChI=1S/C31H40O4/c1-6-20(3)29-23(15-11-12-16-26(32)34-7-2)27-21(4)17-18-25(28(27)24-19-31(24,29)5)35-30(33)22-13-9-8-10-14-22/h6,8-16,21,23-25,27-29H,7,17-19H2,1-5H3/b15-11+,16-12+,20-6+/t21-,23-,24+,25-,27-,28-,29-,31+/m0/s1. The van der Waals surface area contributed by atoms with E-state index in [1.807, 2.05) is 43.3 Å². The first-order valence-electron chi connectivity index (χ1n) is 13.2. The van der Waals surface area contributed by atoms with Crippen molar-refractivity contribution in [1.82, 2.24) is 0 Å². The number of rotatable bonds is 7. The lowest BCUT2D eigenvalue weighted by Crippen LogP contribution is -2.51. The molecule has 1 aromatic carbocycles. The van der Waals surface area contributed by atoms with Crippen LogP contribution in [0, 0.1) is 40.9 Å². The predicted molar refractivity (Wildman–Crippen MR) is 139 cm³/mol. The molecule has 0 spiro atoms. The molecule has 8 atom stereocenters. The lowest BCUT2D eigenvalue weighted by molar-refractivity contribution is -0.137. The van der Waals surface area contributed by atoms with Crippen molar-refractivity contribution >= 4 is 11.9 Å². The average Bonchev–Trinajstić information content (AvgIpc) is 3.55. The van der Waals surface area contributed by atoms with Gasteiger partial charge in [0.25, 0.3) is 0 Å². The molecule has 35 heavy (non-hydrogen) atoms. The van der Waals surface area contributed by atoms with Crippen LogP contribution in [0.3, 0.4) is 0 Å². The fourth-order valence-electron chi connectivity index (χ4n) is 7.29. The molecule has 3 saturated carbocycles. The zero-order valence-electron chi connectivity index (χ0n) is 21.8. The van der Waals surface area contributed by atoms with E-state index < -0.39 is 0 Å². The SMILES string of the molecule is C/C=C(\C)[C@H]1[C@@H](/C=C/C=C/C(=O)OCC)[C@H]2[C@H]([C@@H](OC(=O)c3ccccc3)CC[C@@H]2C)[C@H]2C[C@]21C. The second-order valence-electron chi connectivity index (χ2n) is 10.9. The van der Waals surface area contributed by atoms with Crippen LogP contribution in [-0.4, -0.2) is 24.6 Å². The van der Waals surface area contributed by atoms with Gasteiger partial charge in [-0.1, -0.05) is 61.9 Å². The van der Waals surface area contributed by atoms with Crippen LogP contribution >= 0.6 is 0 Å². The van der Waals surface area contributed by atoms with Gasteiger partial charge in [0.05, 0.1) is 12.2 Å². The van der Waals surface area contributed by atoms with Gasteiger partial charge in [0.1, 0.15) is 6.10 Å². The van der Waals surface area contributed by atoms with Gasteiger partial charge in [-0.2, -0.15) is 0 Å². The Balaban J connectivity index is 1.63. The Morgan fingerprint density at radius 3 is 2.54 bits per heavy atom. The molecule has 0 N–H and O–H groups in total. The number of esters is 2. The average molecular weight is 477 g/mol. The summed E-state index contributed by atoms with van der Waals surface area (Å²) < 4.78 is 11.3. The Hall–Kier alpha value is -2.62. The Morgan fingerprint density at radius 1 is 1.11 bits per heavy atom. The molecular formula is C31H40O4. The summed E-state index contributed by atoms with van der Waals surface area (Å²) in [5.41, 5.74) is 2.28. The molecule has 3 aliphatic rings. The molecule has 0 aromatic heterocycles. The minimum absolute atomic E-state index is 0.0476. The highest BCUT2D eigenvalue weighted by Crippen LogP contribution is 2.73. The monoisotopic (exact) mass is 476 g/mol. The van der Waals surface area contributed by atoms with E-state index in [4.69, 9.17) is 9.47 Å². The molecule has 3 aliphatic carbocycles. The van der Waals surface area contributed by atoms with E-state index in [0.717, 1.165) is 12.8 Å². The van der Waals surface area contributed by atoms with Crippen LogP contribution in [-0.2, 0) is 14.3 Å². The zero-order chi connectivity index (χ0) is 25.2.